The van der Waals surface area contributed by atoms with Crippen molar-refractivity contribution in [3.63, 3.8) is 0 Å². The predicted molar refractivity (Wildman–Crippen MR) is 134 cm³/mol. The number of ether oxygens (including phenoxy) is 3. The van der Waals surface area contributed by atoms with E-state index in [1.54, 1.807) is 56.6 Å². The number of sulfonamides is 1. The van der Waals surface area contributed by atoms with Crippen LogP contribution in [0.4, 0.5) is 5.69 Å². The summed E-state index contributed by atoms with van der Waals surface area (Å²) in [6, 6.07) is 16.3. The number of anilines is 1. The molecule has 4 aromatic rings. The summed E-state index contributed by atoms with van der Waals surface area (Å²) in [6.45, 7) is 2.58. The summed E-state index contributed by atoms with van der Waals surface area (Å²) in [6.07, 6.45) is 0.862. The van der Waals surface area contributed by atoms with Gasteiger partial charge in [0.1, 0.15) is 17.2 Å². The largest absolute Gasteiger partial charge is 0.497 e. The second-order valence-electron chi connectivity index (χ2n) is 7.94. The van der Waals surface area contributed by atoms with Crippen LogP contribution in [0.25, 0.3) is 11.0 Å². The van der Waals surface area contributed by atoms with Crippen molar-refractivity contribution in [3.8, 4) is 23.0 Å². The minimum absolute atomic E-state index is 0.0567. The van der Waals surface area contributed by atoms with E-state index in [1.165, 1.54) is 28.4 Å². The summed E-state index contributed by atoms with van der Waals surface area (Å²) in [5, 5.41) is 0. The highest BCUT2D eigenvalue weighted by Gasteiger charge is 2.20. The van der Waals surface area contributed by atoms with Crippen molar-refractivity contribution in [1.82, 2.24) is 9.13 Å². The molecule has 0 spiro atoms. The average molecular weight is 498 g/mol. The number of fused-ring (bicyclic) bond motifs is 1. The van der Waals surface area contributed by atoms with Crippen LogP contribution < -0.4 is 24.6 Å². The molecule has 0 radical (unpaired) electrons. The number of hydrogen-bond donors (Lipinski definition) is 1. The Bertz CT molecular complexity index is 1520. The van der Waals surface area contributed by atoms with Crippen LogP contribution in [0, 0.1) is 0 Å². The molecule has 0 aliphatic rings. The molecule has 3 aromatic carbocycles. The quantitative estimate of drug-likeness (QED) is 0.371. The van der Waals surface area contributed by atoms with E-state index in [-0.39, 0.29) is 22.0 Å². The number of imidazole rings is 1. The number of nitrogens with zero attached hydrogens (tertiary/aromatic N) is 2. The molecule has 0 amide bonds. The number of rotatable bonds is 9. The first-order valence-corrected chi connectivity index (χ1v) is 12.5. The van der Waals surface area contributed by atoms with Crippen LogP contribution in [-0.2, 0) is 24.1 Å². The average Bonchev–Trinajstić information content (AvgIpc) is 3.06. The molecule has 1 N–H and O–H groups in total. The van der Waals surface area contributed by atoms with Crippen molar-refractivity contribution in [2.24, 2.45) is 14.1 Å². The zero-order valence-corrected chi connectivity index (χ0v) is 20.8. The summed E-state index contributed by atoms with van der Waals surface area (Å²) in [7, 11) is 0.819. The van der Waals surface area contributed by atoms with Crippen molar-refractivity contribution in [2.45, 2.75) is 18.2 Å². The fourth-order valence-electron chi connectivity index (χ4n) is 3.62. The molecule has 0 saturated heterocycles. The first-order valence-electron chi connectivity index (χ1n) is 11.0. The van der Waals surface area contributed by atoms with Gasteiger partial charge in [0.25, 0.3) is 10.0 Å². The van der Waals surface area contributed by atoms with Gasteiger partial charge in [-0.1, -0.05) is 13.0 Å². The maximum Gasteiger partial charge on any atom is 0.328 e. The first-order chi connectivity index (χ1) is 16.7. The van der Waals surface area contributed by atoms with Gasteiger partial charge in [-0.15, -0.1) is 0 Å². The van der Waals surface area contributed by atoms with Gasteiger partial charge in [0.15, 0.2) is 5.75 Å². The van der Waals surface area contributed by atoms with Crippen molar-refractivity contribution < 1.29 is 22.6 Å². The zero-order chi connectivity index (χ0) is 25.2. The van der Waals surface area contributed by atoms with E-state index >= 15 is 0 Å². The number of aromatic nitrogens is 2. The van der Waals surface area contributed by atoms with Gasteiger partial charge < -0.3 is 14.2 Å². The lowest BCUT2D eigenvalue weighted by Gasteiger charge is -2.15. The second kappa shape index (κ2) is 9.75. The van der Waals surface area contributed by atoms with E-state index in [2.05, 4.69) is 4.72 Å². The Kier molecular flexibility index (Phi) is 6.74. The molecule has 1 heterocycles. The molecular weight excluding hydrogens is 470 g/mol. The number of hydrogen-bond acceptors (Lipinski definition) is 6. The van der Waals surface area contributed by atoms with E-state index in [1.807, 2.05) is 13.0 Å². The zero-order valence-electron chi connectivity index (χ0n) is 19.9. The van der Waals surface area contributed by atoms with E-state index in [0.29, 0.717) is 34.9 Å². The number of aryl methyl sites for hydroxylation is 2. The molecule has 0 saturated carbocycles. The molecule has 35 heavy (non-hydrogen) atoms. The summed E-state index contributed by atoms with van der Waals surface area (Å²) in [4.78, 5) is 12.6. The molecule has 184 valence electrons. The van der Waals surface area contributed by atoms with Gasteiger partial charge in [-0.25, -0.2) is 13.2 Å². The lowest BCUT2D eigenvalue weighted by Crippen LogP contribution is -2.19. The van der Waals surface area contributed by atoms with E-state index < -0.39 is 10.0 Å². The molecule has 1 aromatic heterocycles. The summed E-state index contributed by atoms with van der Waals surface area (Å²) < 4.78 is 48.8. The molecule has 4 rings (SSSR count). The Labute approximate surface area is 203 Å². The lowest BCUT2D eigenvalue weighted by molar-refractivity contribution is 0.316. The molecule has 10 heteroatoms. The maximum atomic E-state index is 13.2. The first kappa shape index (κ1) is 24.2. The third-order valence-corrected chi connectivity index (χ3v) is 6.87. The van der Waals surface area contributed by atoms with Crippen molar-refractivity contribution >= 4 is 26.7 Å². The Morgan fingerprint density at radius 1 is 0.886 bits per heavy atom. The number of benzene rings is 3. The highest BCUT2D eigenvalue weighted by atomic mass is 32.2. The number of nitrogens with one attached hydrogen (secondary N) is 1. The molecule has 0 aliphatic heterocycles. The second-order valence-corrected chi connectivity index (χ2v) is 9.63. The van der Waals surface area contributed by atoms with Gasteiger partial charge >= 0.3 is 5.69 Å². The highest BCUT2D eigenvalue weighted by molar-refractivity contribution is 7.92. The third-order valence-electron chi connectivity index (χ3n) is 5.49. The van der Waals surface area contributed by atoms with Crippen molar-refractivity contribution in [1.29, 1.82) is 0 Å². The van der Waals surface area contributed by atoms with Crippen molar-refractivity contribution in [3.05, 3.63) is 71.1 Å². The monoisotopic (exact) mass is 497 g/mol. The van der Waals surface area contributed by atoms with E-state index in [9.17, 15) is 13.2 Å². The summed E-state index contributed by atoms with van der Waals surface area (Å²) in [5.74, 6) is 1.88. The standard InChI is InChI=1S/C25H27N3O6S/c1-5-13-33-18-7-6-8-19(14-18)34-24-16-23-22(27(2)25(29)28(23)3)15-21(24)26-35(30,31)20-11-9-17(32-4)10-12-20/h6-12,14-16,26H,5,13H2,1-4H3. The van der Waals surface area contributed by atoms with Crippen LogP contribution in [0.15, 0.2) is 70.4 Å². The molecule has 0 aliphatic carbocycles. The SMILES string of the molecule is CCCOc1cccc(Oc2cc3c(cc2NS(=O)(=O)c2ccc(OC)cc2)n(C)c(=O)n3C)c1. The molecule has 0 unspecified atom stereocenters. The smallest absolute Gasteiger partial charge is 0.328 e. The molecule has 0 bridgehead atoms. The summed E-state index contributed by atoms with van der Waals surface area (Å²) in [5.41, 5.74) is 1.10. The Morgan fingerprint density at radius 3 is 2.20 bits per heavy atom. The number of methoxy groups -OCH3 is 1. The van der Waals surface area contributed by atoms with E-state index in [4.69, 9.17) is 14.2 Å². The van der Waals surface area contributed by atoms with Crippen LogP contribution in [0.5, 0.6) is 23.0 Å². The fraction of sp³-hybridized carbons (Fsp3) is 0.240. The van der Waals surface area contributed by atoms with Crippen LogP contribution in [0.1, 0.15) is 13.3 Å². The third kappa shape index (κ3) is 4.97. The van der Waals surface area contributed by atoms with Crippen LogP contribution in [-0.4, -0.2) is 31.3 Å². The van der Waals surface area contributed by atoms with Crippen LogP contribution >= 0.6 is 0 Å². The fourth-order valence-corrected chi connectivity index (χ4v) is 4.68. The molecule has 0 atom stereocenters. The topological polar surface area (TPSA) is 101 Å². The Balaban J connectivity index is 1.78. The highest BCUT2D eigenvalue weighted by Crippen LogP contribution is 2.36. The normalized spacial score (nSPS) is 11.4. The van der Waals surface area contributed by atoms with Crippen LogP contribution in [0.2, 0.25) is 0 Å². The molecular formula is C25H27N3O6S. The summed E-state index contributed by atoms with van der Waals surface area (Å²) >= 11 is 0. The van der Waals surface area contributed by atoms with Gasteiger partial charge in [-0.3, -0.25) is 13.9 Å². The van der Waals surface area contributed by atoms with E-state index in [0.717, 1.165) is 6.42 Å². The van der Waals surface area contributed by atoms with Gasteiger partial charge in [-0.05, 0) is 48.9 Å². The molecule has 0 fully saturated rings. The lowest BCUT2D eigenvalue weighted by atomic mass is 10.2. The van der Waals surface area contributed by atoms with Crippen molar-refractivity contribution in [2.75, 3.05) is 18.4 Å². The Hall–Kier alpha value is -3.92. The van der Waals surface area contributed by atoms with Gasteiger partial charge in [0.2, 0.25) is 0 Å². The van der Waals surface area contributed by atoms with Gasteiger partial charge in [-0.2, -0.15) is 0 Å². The minimum atomic E-state index is -3.96. The van der Waals surface area contributed by atoms with Gasteiger partial charge in [0, 0.05) is 26.2 Å². The predicted octanol–water partition coefficient (Wildman–Crippen LogP) is 4.27. The molecule has 9 nitrogen and oxygen atoms in total. The van der Waals surface area contributed by atoms with Crippen LogP contribution in [0.3, 0.4) is 0 Å². The van der Waals surface area contributed by atoms with Gasteiger partial charge in [0.05, 0.1) is 35.3 Å². The maximum absolute atomic E-state index is 13.2. The Morgan fingerprint density at radius 2 is 1.54 bits per heavy atom. The minimum Gasteiger partial charge on any atom is -0.497 e.